The van der Waals surface area contributed by atoms with Crippen molar-refractivity contribution in [1.82, 2.24) is 14.4 Å². The first kappa shape index (κ1) is 15.9. The number of carbonyl (C=O) groups excluding carboxylic acids is 1. The van der Waals surface area contributed by atoms with E-state index in [1.165, 1.54) is 10.4 Å². The first-order valence-electron chi connectivity index (χ1n) is 8.68. The number of aliphatic hydroxyl groups excluding tert-OH is 1. The van der Waals surface area contributed by atoms with E-state index in [0.29, 0.717) is 6.54 Å². The highest BCUT2D eigenvalue weighted by Gasteiger charge is 2.31. The maximum absolute atomic E-state index is 13.3. The number of β-amino-alcohol motifs (C(OH)–C–C–N with tert-alkyl or cyclic N) is 1. The molecule has 2 aromatic heterocycles. The van der Waals surface area contributed by atoms with Gasteiger partial charge in [0.25, 0.3) is 5.91 Å². The number of nitrogens with zero attached hydrogens (tertiary/aromatic N) is 3. The van der Waals surface area contributed by atoms with E-state index in [1.54, 1.807) is 11.3 Å². The summed E-state index contributed by atoms with van der Waals surface area (Å²) < 4.78 is 2.08. The van der Waals surface area contributed by atoms with E-state index in [1.807, 2.05) is 29.4 Å². The van der Waals surface area contributed by atoms with Crippen molar-refractivity contribution < 1.29 is 9.90 Å². The fourth-order valence-corrected chi connectivity index (χ4v) is 5.08. The van der Waals surface area contributed by atoms with Gasteiger partial charge in [-0.25, -0.2) is 0 Å². The van der Waals surface area contributed by atoms with Crippen molar-refractivity contribution in [2.24, 2.45) is 0 Å². The van der Waals surface area contributed by atoms with E-state index in [-0.39, 0.29) is 12.5 Å². The summed E-state index contributed by atoms with van der Waals surface area (Å²) in [7, 11) is 0. The smallest absolute Gasteiger partial charge is 0.257 e. The molecule has 0 bridgehead atoms. The summed E-state index contributed by atoms with van der Waals surface area (Å²) in [5.41, 5.74) is 2.21. The molecule has 5 nitrogen and oxygen atoms in total. The van der Waals surface area contributed by atoms with Crippen LogP contribution < -0.4 is 0 Å². The maximum atomic E-state index is 13.3. The van der Waals surface area contributed by atoms with Crippen LogP contribution in [-0.2, 0) is 12.8 Å². The second kappa shape index (κ2) is 6.70. The third-order valence-electron chi connectivity index (χ3n) is 5.03. The summed E-state index contributed by atoms with van der Waals surface area (Å²) in [6.45, 7) is 4.06. The average Bonchev–Trinajstić information content (AvgIpc) is 3.31. The molecule has 1 amide bonds. The highest BCUT2D eigenvalue weighted by molar-refractivity contribution is 7.15. The van der Waals surface area contributed by atoms with Gasteiger partial charge in [0.15, 0.2) is 0 Å². The number of aliphatic hydroxyl groups is 1. The minimum absolute atomic E-state index is 0.182. The third kappa shape index (κ3) is 2.79. The van der Waals surface area contributed by atoms with Crippen molar-refractivity contribution >= 4 is 17.2 Å². The number of fused-ring (bicyclic) bond motifs is 1. The Hall–Kier alpha value is -1.63. The van der Waals surface area contributed by atoms with Crippen molar-refractivity contribution in [2.45, 2.75) is 19.3 Å². The Morgan fingerprint density at radius 2 is 1.88 bits per heavy atom. The molecule has 0 atom stereocenters. The number of hydrogen-bond donors (Lipinski definition) is 1. The Morgan fingerprint density at radius 3 is 2.58 bits per heavy atom. The van der Waals surface area contributed by atoms with E-state index < -0.39 is 0 Å². The SMILES string of the molecule is O=C(c1c(-n2cccc2)sc2c1CCC2)N1CCN(CCO)CC1. The Morgan fingerprint density at radius 1 is 1.12 bits per heavy atom. The quantitative estimate of drug-likeness (QED) is 0.919. The van der Waals surface area contributed by atoms with Crippen molar-refractivity contribution in [3.8, 4) is 5.00 Å². The number of aromatic nitrogens is 1. The molecule has 1 N–H and O–H groups in total. The Bertz CT molecular complexity index is 715. The molecular weight excluding hydrogens is 322 g/mol. The summed E-state index contributed by atoms with van der Waals surface area (Å²) in [6, 6.07) is 4.01. The molecule has 1 aliphatic carbocycles. The number of hydrogen-bond acceptors (Lipinski definition) is 4. The Kier molecular flexibility index (Phi) is 4.43. The van der Waals surface area contributed by atoms with E-state index in [0.717, 1.165) is 56.0 Å². The standard InChI is InChI=1S/C18H23N3O2S/c22-13-12-19-8-10-20(11-9-19)17(23)16-14-4-3-5-15(14)24-18(16)21-6-1-2-7-21/h1-2,6-7,22H,3-5,8-13H2. The second-order valence-corrected chi connectivity index (χ2v) is 7.57. The molecule has 1 aliphatic heterocycles. The van der Waals surface area contributed by atoms with Gasteiger partial charge in [-0.15, -0.1) is 11.3 Å². The molecule has 0 radical (unpaired) electrons. The Labute approximate surface area is 146 Å². The van der Waals surface area contributed by atoms with E-state index in [2.05, 4.69) is 9.47 Å². The Balaban J connectivity index is 1.61. The van der Waals surface area contributed by atoms with Crippen molar-refractivity contribution in [1.29, 1.82) is 0 Å². The molecule has 0 unspecified atom stereocenters. The largest absolute Gasteiger partial charge is 0.395 e. The van der Waals surface area contributed by atoms with Crippen LogP contribution in [0.2, 0.25) is 0 Å². The van der Waals surface area contributed by atoms with Crippen LogP contribution >= 0.6 is 11.3 Å². The molecule has 1 saturated heterocycles. The molecule has 24 heavy (non-hydrogen) atoms. The van der Waals surface area contributed by atoms with Crippen LogP contribution in [0, 0.1) is 0 Å². The van der Waals surface area contributed by atoms with Crippen LogP contribution in [0.4, 0.5) is 0 Å². The lowest BCUT2D eigenvalue weighted by molar-refractivity contribution is 0.0614. The highest BCUT2D eigenvalue weighted by atomic mass is 32.1. The summed E-state index contributed by atoms with van der Waals surface area (Å²) in [6.07, 6.45) is 7.34. The van der Waals surface area contributed by atoms with Gasteiger partial charge in [0, 0.05) is 50.0 Å². The molecule has 2 aromatic rings. The van der Waals surface area contributed by atoms with Gasteiger partial charge >= 0.3 is 0 Å². The molecule has 2 aliphatic rings. The topological polar surface area (TPSA) is 48.7 Å². The first-order chi connectivity index (χ1) is 11.8. The lowest BCUT2D eigenvalue weighted by Crippen LogP contribution is -2.49. The fraction of sp³-hybridized carbons (Fsp3) is 0.500. The zero-order valence-electron chi connectivity index (χ0n) is 13.8. The third-order valence-corrected chi connectivity index (χ3v) is 6.34. The van der Waals surface area contributed by atoms with E-state index >= 15 is 0 Å². The monoisotopic (exact) mass is 345 g/mol. The van der Waals surface area contributed by atoms with Gasteiger partial charge in [-0.1, -0.05) is 0 Å². The number of piperazine rings is 1. The molecule has 1 fully saturated rings. The lowest BCUT2D eigenvalue weighted by Gasteiger charge is -2.34. The highest BCUT2D eigenvalue weighted by Crippen LogP contribution is 2.38. The fourth-order valence-electron chi connectivity index (χ4n) is 3.74. The number of thiophene rings is 1. The average molecular weight is 345 g/mol. The molecule has 128 valence electrons. The van der Waals surface area contributed by atoms with Gasteiger partial charge in [-0.2, -0.15) is 0 Å². The molecular formula is C18H23N3O2S. The number of rotatable bonds is 4. The first-order valence-corrected chi connectivity index (χ1v) is 9.50. The van der Waals surface area contributed by atoms with Crippen LogP contribution in [0.1, 0.15) is 27.2 Å². The van der Waals surface area contributed by atoms with Gasteiger partial charge < -0.3 is 14.6 Å². The molecule has 6 heteroatoms. The van der Waals surface area contributed by atoms with Gasteiger partial charge in [-0.05, 0) is 37.0 Å². The van der Waals surface area contributed by atoms with Crippen molar-refractivity contribution in [3.05, 3.63) is 40.5 Å². The van der Waals surface area contributed by atoms with Crippen LogP contribution in [0.15, 0.2) is 24.5 Å². The number of aryl methyl sites for hydroxylation is 1. The summed E-state index contributed by atoms with van der Waals surface area (Å²) in [5, 5.41) is 10.1. The number of carbonyl (C=O) groups is 1. The summed E-state index contributed by atoms with van der Waals surface area (Å²) >= 11 is 1.78. The predicted molar refractivity (Wildman–Crippen MR) is 95.1 cm³/mol. The zero-order chi connectivity index (χ0) is 16.5. The maximum Gasteiger partial charge on any atom is 0.257 e. The second-order valence-electron chi connectivity index (χ2n) is 6.49. The predicted octanol–water partition coefficient (Wildman–Crippen LogP) is 1.78. The van der Waals surface area contributed by atoms with Gasteiger partial charge in [0.05, 0.1) is 12.2 Å². The van der Waals surface area contributed by atoms with Crippen molar-refractivity contribution in [3.63, 3.8) is 0 Å². The summed E-state index contributed by atoms with van der Waals surface area (Å²) in [5.74, 6) is 0.182. The van der Waals surface area contributed by atoms with Crippen LogP contribution in [0.25, 0.3) is 5.00 Å². The summed E-state index contributed by atoms with van der Waals surface area (Å²) in [4.78, 5) is 18.8. The van der Waals surface area contributed by atoms with Gasteiger partial charge in [0.1, 0.15) is 5.00 Å². The van der Waals surface area contributed by atoms with Gasteiger partial charge in [-0.3, -0.25) is 9.69 Å². The molecule has 4 rings (SSSR count). The normalized spacial score (nSPS) is 18.1. The molecule has 0 aromatic carbocycles. The van der Waals surface area contributed by atoms with Crippen LogP contribution in [-0.4, -0.2) is 64.7 Å². The molecule has 3 heterocycles. The molecule has 0 spiro atoms. The van der Waals surface area contributed by atoms with Gasteiger partial charge in [0.2, 0.25) is 0 Å². The minimum Gasteiger partial charge on any atom is -0.395 e. The van der Waals surface area contributed by atoms with E-state index in [4.69, 9.17) is 5.11 Å². The zero-order valence-corrected chi connectivity index (χ0v) is 14.6. The number of amides is 1. The minimum atomic E-state index is 0.182. The van der Waals surface area contributed by atoms with Crippen LogP contribution in [0.3, 0.4) is 0 Å². The van der Waals surface area contributed by atoms with E-state index in [9.17, 15) is 4.79 Å². The molecule has 0 saturated carbocycles. The van der Waals surface area contributed by atoms with Crippen molar-refractivity contribution in [2.75, 3.05) is 39.3 Å². The van der Waals surface area contributed by atoms with Crippen LogP contribution in [0.5, 0.6) is 0 Å². The lowest BCUT2D eigenvalue weighted by atomic mass is 10.1.